The van der Waals surface area contributed by atoms with E-state index in [0.717, 1.165) is 11.3 Å². The highest BCUT2D eigenvalue weighted by Crippen LogP contribution is 2.40. The average molecular weight is 644 g/mol. The third-order valence-corrected chi connectivity index (χ3v) is 10.2. The molecule has 2 aliphatic rings. The van der Waals surface area contributed by atoms with E-state index in [9.17, 15) is 30.4 Å². The van der Waals surface area contributed by atoms with Crippen LogP contribution in [0.3, 0.4) is 0 Å². The Labute approximate surface area is 250 Å². The van der Waals surface area contributed by atoms with Gasteiger partial charge in [0.25, 0.3) is 0 Å². The van der Waals surface area contributed by atoms with Gasteiger partial charge in [-0.1, -0.05) is 24.0 Å². The summed E-state index contributed by atoms with van der Waals surface area (Å²) in [6, 6.07) is 7.51. The number of nitrogens with one attached hydrogen (secondary N) is 2. The maximum absolute atomic E-state index is 15.0. The Balaban J connectivity index is 1.38. The number of hydrogen-bond donors (Lipinski definition) is 2. The van der Waals surface area contributed by atoms with Crippen LogP contribution in [0.5, 0.6) is 5.75 Å². The van der Waals surface area contributed by atoms with E-state index in [2.05, 4.69) is 22.5 Å². The summed E-state index contributed by atoms with van der Waals surface area (Å²) in [5.41, 5.74) is 1.10. The number of benzene rings is 2. The summed E-state index contributed by atoms with van der Waals surface area (Å²) < 4.78 is 103. The van der Waals surface area contributed by atoms with Crippen molar-refractivity contribution in [3.8, 4) is 17.6 Å². The summed E-state index contributed by atoms with van der Waals surface area (Å²) in [7, 11) is -3.06. The SMILES string of the molecule is O=S1(=O)CCC(Nc2cccc3c(CC(F)(F)F)c(C#CCNc4cc(F)c(N5CCOCC5)cc4OCF)sc23)CC1. The molecule has 0 unspecified atom stereocenters. The van der Waals surface area contributed by atoms with E-state index in [0.29, 0.717) is 54.9 Å². The summed E-state index contributed by atoms with van der Waals surface area (Å²) in [5, 5.41) is 6.63. The Hall–Kier alpha value is -3.28. The van der Waals surface area contributed by atoms with Crippen molar-refractivity contribution in [2.45, 2.75) is 31.5 Å². The minimum Gasteiger partial charge on any atom is -0.461 e. The standard InChI is InChI=1S/C29H30F5N3O4S2/c30-18-41-26-16-25(37-9-11-40-12-10-37)22(31)15-24(26)35-8-2-5-27-21(17-29(32,33)34)20-3-1-4-23(28(20)42-27)36-19-6-13-43(38,39)14-7-19/h1,3-4,15-16,19,35-36H,6-14,17-18H2. The summed E-state index contributed by atoms with van der Waals surface area (Å²) in [6.07, 6.45) is -4.81. The second-order valence-electron chi connectivity index (χ2n) is 10.3. The Bertz CT molecular complexity index is 1610. The van der Waals surface area contributed by atoms with Gasteiger partial charge in [-0.05, 0) is 29.9 Å². The third-order valence-electron chi connectivity index (χ3n) is 7.29. The smallest absolute Gasteiger partial charge is 0.393 e. The number of nitrogens with zero attached hydrogens (tertiary/aromatic N) is 1. The normalized spacial score (nSPS) is 17.4. The van der Waals surface area contributed by atoms with Gasteiger partial charge in [0.15, 0.2) is 0 Å². The number of fused-ring (bicyclic) bond motifs is 1. The predicted molar refractivity (Wildman–Crippen MR) is 158 cm³/mol. The Morgan fingerprint density at radius 1 is 1.12 bits per heavy atom. The molecule has 5 rings (SSSR count). The first-order valence-electron chi connectivity index (χ1n) is 13.7. The molecule has 0 bridgehead atoms. The number of sulfone groups is 1. The van der Waals surface area contributed by atoms with Gasteiger partial charge in [0.05, 0.1) is 64.3 Å². The van der Waals surface area contributed by atoms with Crippen molar-refractivity contribution in [1.82, 2.24) is 0 Å². The molecule has 3 heterocycles. The molecule has 0 amide bonds. The van der Waals surface area contributed by atoms with Crippen LogP contribution in [0.25, 0.3) is 10.1 Å². The molecule has 2 fully saturated rings. The van der Waals surface area contributed by atoms with Crippen molar-refractivity contribution in [2.75, 3.05) is 66.7 Å². The predicted octanol–water partition coefficient (Wildman–Crippen LogP) is 5.74. The lowest BCUT2D eigenvalue weighted by Crippen LogP contribution is -2.36. The molecule has 0 radical (unpaired) electrons. The quantitative estimate of drug-likeness (QED) is 0.240. The van der Waals surface area contributed by atoms with E-state index in [1.54, 1.807) is 23.1 Å². The molecule has 2 aromatic carbocycles. The van der Waals surface area contributed by atoms with Crippen molar-refractivity contribution < 1.29 is 39.8 Å². The molecule has 0 atom stereocenters. The lowest BCUT2D eigenvalue weighted by Gasteiger charge is -2.29. The number of alkyl halides is 4. The Morgan fingerprint density at radius 3 is 2.56 bits per heavy atom. The van der Waals surface area contributed by atoms with E-state index >= 15 is 0 Å². The van der Waals surface area contributed by atoms with Gasteiger partial charge in [-0.25, -0.2) is 17.2 Å². The van der Waals surface area contributed by atoms with Gasteiger partial charge < -0.3 is 25.0 Å². The molecule has 1 aromatic heterocycles. The fourth-order valence-electron chi connectivity index (χ4n) is 5.18. The molecule has 0 saturated carbocycles. The zero-order chi connectivity index (χ0) is 30.6. The van der Waals surface area contributed by atoms with Crippen LogP contribution < -0.4 is 20.3 Å². The summed E-state index contributed by atoms with van der Waals surface area (Å²) in [4.78, 5) is 2.01. The van der Waals surface area contributed by atoms with Crippen molar-refractivity contribution in [3.05, 3.63) is 46.6 Å². The topological polar surface area (TPSA) is 79.9 Å². The van der Waals surface area contributed by atoms with Gasteiger partial charge in [0.1, 0.15) is 21.4 Å². The first-order valence-corrected chi connectivity index (χ1v) is 16.3. The lowest BCUT2D eigenvalue weighted by atomic mass is 10.1. The molecular weight excluding hydrogens is 613 g/mol. The first-order chi connectivity index (χ1) is 20.5. The maximum atomic E-state index is 15.0. The van der Waals surface area contributed by atoms with Crippen LogP contribution in [0.1, 0.15) is 23.3 Å². The van der Waals surface area contributed by atoms with Crippen molar-refractivity contribution in [2.24, 2.45) is 0 Å². The molecule has 14 heteroatoms. The highest BCUT2D eigenvalue weighted by Gasteiger charge is 2.31. The van der Waals surface area contributed by atoms with Crippen molar-refractivity contribution >= 4 is 48.3 Å². The lowest BCUT2D eigenvalue weighted by molar-refractivity contribution is -0.126. The minimum absolute atomic E-state index is 0.0530. The summed E-state index contributed by atoms with van der Waals surface area (Å²) >= 11 is 1.13. The summed E-state index contributed by atoms with van der Waals surface area (Å²) in [6.45, 7) is 0.610. The van der Waals surface area contributed by atoms with Crippen LogP contribution in [0.4, 0.5) is 39.0 Å². The minimum atomic E-state index is -4.47. The number of hydrogen-bond acceptors (Lipinski definition) is 8. The van der Waals surface area contributed by atoms with Gasteiger partial charge in [-0.2, -0.15) is 13.2 Å². The number of halogens is 5. The molecule has 0 spiro atoms. The Kier molecular flexibility index (Phi) is 9.53. The second-order valence-corrected chi connectivity index (χ2v) is 13.6. The molecular formula is C29H30F5N3O4S2. The molecule has 2 saturated heterocycles. The number of ether oxygens (including phenoxy) is 2. The van der Waals surface area contributed by atoms with Crippen LogP contribution in [-0.4, -0.2) is 71.9 Å². The van der Waals surface area contributed by atoms with Gasteiger partial charge in [-0.3, -0.25) is 0 Å². The molecule has 2 N–H and O–H groups in total. The largest absolute Gasteiger partial charge is 0.461 e. The van der Waals surface area contributed by atoms with Gasteiger partial charge in [0.2, 0.25) is 6.86 Å². The molecule has 7 nitrogen and oxygen atoms in total. The van der Waals surface area contributed by atoms with E-state index in [-0.39, 0.29) is 51.7 Å². The summed E-state index contributed by atoms with van der Waals surface area (Å²) in [5.74, 6) is 5.30. The van der Waals surface area contributed by atoms with E-state index < -0.39 is 35.1 Å². The highest BCUT2D eigenvalue weighted by molar-refractivity contribution is 7.91. The third kappa shape index (κ3) is 7.82. The zero-order valence-corrected chi connectivity index (χ0v) is 24.7. The highest BCUT2D eigenvalue weighted by atomic mass is 32.2. The average Bonchev–Trinajstić information content (AvgIpc) is 3.30. The molecule has 2 aliphatic heterocycles. The molecule has 43 heavy (non-hydrogen) atoms. The number of rotatable bonds is 8. The van der Waals surface area contributed by atoms with Crippen molar-refractivity contribution in [1.29, 1.82) is 0 Å². The number of morpholine rings is 1. The van der Waals surface area contributed by atoms with Gasteiger partial charge in [-0.15, -0.1) is 11.3 Å². The van der Waals surface area contributed by atoms with E-state index in [4.69, 9.17) is 9.47 Å². The fourth-order valence-corrected chi connectivity index (χ4v) is 7.85. The maximum Gasteiger partial charge on any atom is 0.393 e. The monoisotopic (exact) mass is 643 g/mol. The van der Waals surface area contributed by atoms with Crippen LogP contribution in [0.2, 0.25) is 0 Å². The Morgan fingerprint density at radius 2 is 1.86 bits per heavy atom. The van der Waals surface area contributed by atoms with E-state index in [1.165, 1.54) is 12.1 Å². The van der Waals surface area contributed by atoms with E-state index in [1.807, 2.05) is 0 Å². The number of thiophene rings is 1. The zero-order valence-electron chi connectivity index (χ0n) is 23.0. The van der Waals surface area contributed by atoms with Gasteiger partial charge >= 0.3 is 6.18 Å². The molecule has 3 aromatic rings. The molecule has 0 aliphatic carbocycles. The van der Waals surface area contributed by atoms with Crippen molar-refractivity contribution in [3.63, 3.8) is 0 Å². The van der Waals surface area contributed by atoms with Gasteiger partial charge in [0, 0.05) is 31.3 Å². The number of anilines is 3. The van der Waals surface area contributed by atoms with Crippen LogP contribution >= 0.6 is 11.3 Å². The first kappa shape index (κ1) is 31.2. The van der Waals surface area contributed by atoms with Crippen LogP contribution in [0.15, 0.2) is 30.3 Å². The second kappa shape index (κ2) is 13.2. The fraction of sp³-hybridized carbons (Fsp3) is 0.448. The van der Waals surface area contributed by atoms with Crippen LogP contribution in [0, 0.1) is 17.7 Å². The van der Waals surface area contributed by atoms with Crippen LogP contribution in [-0.2, 0) is 21.0 Å². The molecule has 232 valence electrons.